The molecule has 1 aromatic carbocycles. The second-order valence-electron chi connectivity index (χ2n) is 5.36. The molecule has 5 heteroatoms. The third-order valence-corrected chi connectivity index (χ3v) is 3.65. The number of carbonyl (C=O) groups excluding carboxylic acids is 1. The van der Waals surface area contributed by atoms with Crippen LogP contribution in [0.15, 0.2) is 30.3 Å². The summed E-state index contributed by atoms with van der Waals surface area (Å²) in [5, 5.41) is 0. The van der Waals surface area contributed by atoms with Crippen LogP contribution in [0.5, 0.6) is 0 Å². The third kappa shape index (κ3) is 5.30. The SMILES string of the molecule is CONC(=O)/C=C/c1ccc(CN2CCC(N)CC2)cc1. The van der Waals surface area contributed by atoms with Crippen molar-refractivity contribution in [2.45, 2.75) is 25.4 Å². The molecule has 0 unspecified atom stereocenters. The number of nitrogens with zero attached hydrogens (tertiary/aromatic N) is 1. The van der Waals surface area contributed by atoms with Gasteiger partial charge in [0.1, 0.15) is 0 Å². The average Bonchev–Trinajstić information content (AvgIpc) is 2.49. The van der Waals surface area contributed by atoms with E-state index in [1.165, 1.54) is 18.7 Å². The standard InChI is InChI=1S/C16H23N3O2/c1-21-18-16(20)7-6-13-2-4-14(5-3-13)12-19-10-8-15(17)9-11-19/h2-7,15H,8-12,17H2,1H3,(H,18,20)/b7-6+. The van der Waals surface area contributed by atoms with E-state index in [0.717, 1.165) is 38.0 Å². The fourth-order valence-electron chi connectivity index (χ4n) is 2.41. The Morgan fingerprint density at radius 2 is 2.05 bits per heavy atom. The normalized spacial score (nSPS) is 17.2. The van der Waals surface area contributed by atoms with Crippen molar-refractivity contribution in [1.29, 1.82) is 0 Å². The Kier molecular flexibility index (Phi) is 5.92. The van der Waals surface area contributed by atoms with E-state index < -0.39 is 0 Å². The predicted octanol–water partition coefficient (Wildman–Crippen LogP) is 1.30. The largest absolute Gasteiger partial charge is 0.328 e. The van der Waals surface area contributed by atoms with Crippen molar-refractivity contribution < 1.29 is 9.63 Å². The second-order valence-corrected chi connectivity index (χ2v) is 5.36. The molecule has 0 atom stereocenters. The van der Waals surface area contributed by atoms with Gasteiger partial charge in [-0.2, -0.15) is 0 Å². The van der Waals surface area contributed by atoms with Gasteiger partial charge >= 0.3 is 0 Å². The number of nitrogens with two attached hydrogens (primary N) is 1. The van der Waals surface area contributed by atoms with Crippen molar-refractivity contribution >= 4 is 12.0 Å². The molecule has 114 valence electrons. The van der Waals surface area contributed by atoms with E-state index in [-0.39, 0.29) is 5.91 Å². The van der Waals surface area contributed by atoms with Gasteiger partial charge in [0.15, 0.2) is 0 Å². The van der Waals surface area contributed by atoms with E-state index >= 15 is 0 Å². The van der Waals surface area contributed by atoms with Gasteiger partial charge in [-0.1, -0.05) is 24.3 Å². The number of likely N-dealkylation sites (tertiary alicyclic amines) is 1. The molecule has 1 aliphatic rings. The van der Waals surface area contributed by atoms with E-state index in [1.807, 2.05) is 12.1 Å². The van der Waals surface area contributed by atoms with Gasteiger partial charge in [0, 0.05) is 18.7 Å². The Hall–Kier alpha value is -1.69. The molecule has 0 saturated carbocycles. The molecule has 2 rings (SSSR count). The Bertz CT molecular complexity index is 477. The highest BCUT2D eigenvalue weighted by Crippen LogP contribution is 2.13. The number of hydrogen-bond acceptors (Lipinski definition) is 4. The molecule has 0 radical (unpaired) electrons. The first kappa shape index (κ1) is 15.7. The Labute approximate surface area is 125 Å². The molecule has 5 nitrogen and oxygen atoms in total. The highest BCUT2D eigenvalue weighted by Gasteiger charge is 2.15. The van der Waals surface area contributed by atoms with Gasteiger partial charge in [0.05, 0.1) is 7.11 Å². The minimum Gasteiger partial charge on any atom is -0.328 e. The Morgan fingerprint density at radius 3 is 2.67 bits per heavy atom. The number of benzene rings is 1. The molecule has 21 heavy (non-hydrogen) atoms. The molecular formula is C16H23N3O2. The maximum absolute atomic E-state index is 11.2. The zero-order valence-electron chi connectivity index (χ0n) is 12.4. The summed E-state index contributed by atoms with van der Waals surface area (Å²) in [6, 6.07) is 8.60. The van der Waals surface area contributed by atoms with Crippen LogP contribution in [0.2, 0.25) is 0 Å². The highest BCUT2D eigenvalue weighted by molar-refractivity contribution is 5.90. The second kappa shape index (κ2) is 7.93. The predicted molar refractivity (Wildman–Crippen MR) is 83.1 cm³/mol. The lowest BCUT2D eigenvalue weighted by Crippen LogP contribution is -2.39. The maximum atomic E-state index is 11.2. The van der Waals surface area contributed by atoms with Gasteiger partial charge in [-0.25, -0.2) is 5.48 Å². The number of hydrogen-bond donors (Lipinski definition) is 2. The highest BCUT2D eigenvalue weighted by atomic mass is 16.6. The Morgan fingerprint density at radius 1 is 1.38 bits per heavy atom. The van der Waals surface area contributed by atoms with Crippen LogP contribution in [0, 0.1) is 0 Å². The number of piperidine rings is 1. The molecule has 1 aliphatic heterocycles. The lowest BCUT2D eigenvalue weighted by atomic mass is 10.0. The molecule has 3 N–H and O–H groups in total. The number of nitrogens with one attached hydrogen (secondary N) is 1. The summed E-state index contributed by atoms with van der Waals surface area (Å²) in [4.78, 5) is 18.2. The van der Waals surface area contributed by atoms with E-state index in [2.05, 4.69) is 27.4 Å². The number of rotatable bonds is 5. The van der Waals surface area contributed by atoms with Crippen LogP contribution < -0.4 is 11.2 Å². The van der Waals surface area contributed by atoms with E-state index in [1.54, 1.807) is 6.08 Å². The first-order chi connectivity index (χ1) is 10.2. The third-order valence-electron chi connectivity index (χ3n) is 3.65. The van der Waals surface area contributed by atoms with Crippen LogP contribution in [0.3, 0.4) is 0 Å². The quantitative estimate of drug-likeness (QED) is 0.633. The van der Waals surface area contributed by atoms with Gasteiger partial charge in [-0.3, -0.25) is 14.5 Å². The van der Waals surface area contributed by atoms with Crippen LogP contribution >= 0.6 is 0 Å². The molecule has 1 fully saturated rings. The first-order valence-corrected chi connectivity index (χ1v) is 7.25. The van der Waals surface area contributed by atoms with Crippen molar-refractivity contribution in [1.82, 2.24) is 10.4 Å². The van der Waals surface area contributed by atoms with Crippen LogP contribution in [-0.2, 0) is 16.2 Å². The number of carbonyl (C=O) groups is 1. The summed E-state index contributed by atoms with van der Waals surface area (Å²) < 4.78 is 0. The van der Waals surface area contributed by atoms with Gasteiger partial charge in [-0.15, -0.1) is 0 Å². The van der Waals surface area contributed by atoms with Crippen LogP contribution in [0.25, 0.3) is 6.08 Å². The summed E-state index contributed by atoms with van der Waals surface area (Å²) in [5.41, 5.74) is 10.4. The molecule has 1 amide bonds. The molecular weight excluding hydrogens is 266 g/mol. The van der Waals surface area contributed by atoms with E-state index in [0.29, 0.717) is 6.04 Å². The fourth-order valence-corrected chi connectivity index (χ4v) is 2.41. The van der Waals surface area contributed by atoms with E-state index in [9.17, 15) is 4.79 Å². The topological polar surface area (TPSA) is 67.6 Å². The van der Waals surface area contributed by atoms with Crippen molar-refractivity contribution in [3.8, 4) is 0 Å². The molecule has 0 bridgehead atoms. The first-order valence-electron chi connectivity index (χ1n) is 7.25. The molecule has 1 saturated heterocycles. The lowest BCUT2D eigenvalue weighted by molar-refractivity contribution is -0.126. The zero-order chi connectivity index (χ0) is 15.1. The fraction of sp³-hybridized carbons (Fsp3) is 0.438. The number of amides is 1. The Balaban J connectivity index is 1.85. The molecule has 1 aromatic rings. The summed E-state index contributed by atoms with van der Waals surface area (Å²) in [6.07, 6.45) is 5.37. The van der Waals surface area contributed by atoms with Crippen molar-refractivity contribution in [2.24, 2.45) is 5.73 Å². The van der Waals surface area contributed by atoms with E-state index in [4.69, 9.17) is 5.73 Å². The summed E-state index contributed by atoms with van der Waals surface area (Å²) in [6.45, 7) is 3.10. The van der Waals surface area contributed by atoms with Crippen LogP contribution in [-0.4, -0.2) is 37.0 Å². The molecule has 0 aromatic heterocycles. The van der Waals surface area contributed by atoms with Gasteiger partial charge in [0.25, 0.3) is 5.91 Å². The molecule has 0 aliphatic carbocycles. The molecule has 1 heterocycles. The van der Waals surface area contributed by atoms with Gasteiger partial charge in [-0.05, 0) is 43.1 Å². The minimum absolute atomic E-state index is 0.272. The van der Waals surface area contributed by atoms with Crippen molar-refractivity contribution in [3.63, 3.8) is 0 Å². The van der Waals surface area contributed by atoms with Crippen molar-refractivity contribution in [3.05, 3.63) is 41.5 Å². The van der Waals surface area contributed by atoms with Crippen LogP contribution in [0.4, 0.5) is 0 Å². The zero-order valence-corrected chi connectivity index (χ0v) is 12.4. The van der Waals surface area contributed by atoms with Crippen molar-refractivity contribution in [2.75, 3.05) is 20.2 Å². The summed E-state index contributed by atoms with van der Waals surface area (Å²) in [7, 11) is 1.41. The lowest BCUT2D eigenvalue weighted by Gasteiger charge is -2.30. The maximum Gasteiger partial charge on any atom is 0.267 e. The average molecular weight is 289 g/mol. The van der Waals surface area contributed by atoms with Gasteiger partial charge in [0.2, 0.25) is 0 Å². The van der Waals surface area contributed by atoms with Crippen LogP contribution in [0.1, 0.15) is 24.0 Å². The molecule has 0 spiro atoms. The van der Waals surface area contributed by atoms with Gasteiger partial charge < -0.3 is 5.73 Å². The summed E-state index contributed by atoms with van der Waals surface area (Å²) in [5.74, 6) is -0.272. The smallest absolute Gasteiger partial charge is 0.267 e. The number of hydroxylamine groups is 1. The monoisotopic (exact) mass is 289 g/mol. The summed E-state index contributed by atoms with van der Waals surface area (Å²) >= 11 is 0. The minimum atomic E-state index is -0.272.